The van der Waals surface area contributed by atoms with Crippen molar-refractivity contribution in [3.8, 4) is 0 Å². The summed E-state index contributed by atoms with van der Waals surface area (Å²) in [6, 6.07) is 9.67. The van der Waals surface area contributed by atoms with Gasteiger partial charge in [-0.2, -0.15) is 0 Å². The van der Waals surface area contributed by atoms with E-state index in [1.54, 1.807) is 12.1 Å². The van der Waals surface area contributed by atoms with Gasteiger partial charge in [-0.25, -0.2) is 0 Å². The molecule has 1 heterocycles. The molecular formula is C19H26N4O. The van der Waals surface area contributed by atoms with E-state index in [2.05, 4.69) is 55.3 Å². The first-order valence-electron chi connectivity index (χ1n) is 8.52. The van der Waals surface area contributed by atoms with Gasteiger partial charge in [-0.3, -0.25) is 4.79 Å². The van der Waals surface area contributed by atoms with E-state index >= 15 is 0 Å². The molecule has 1 aromatic heterocycles. The van der Waals surface area contributed by atoms with Gasteiger partial charge in [0.05, 0.1) is 0 Å². The third kappa shape index (κ3) is 4.54. The second-order valence-electron chi connectivity index (χ2n) is 6.02. The van der Waals surface area contributed by atoms with E-state index < -0.39 is 0 Å². The molecule has 0 saturated heterocycles. The molecule has 24 heavy (non-hydrogen) atoms. The van der Waals surface area contributed by atoms with Gasteiger partial charge in [0.2, 0.25) is 0 Å². The van der Waals surface area contributed by atoms with E-state index in [1.807, 2.05) is 11.0 Å². The molecule has 128 valence electrons. The standard InChI is InChI=1S/C19H26N4O/c1-5-11-23(12-6-2)19(24)17-9-10-18(22-21-17)20-16-8-7-14(3)15(4)13-16/h7-10,13H,5-6,11-12H2,1-4H3,(H,20,22). The van der Waals surface area contributed by atoms with Crippen LogP contribution in [0.15, 0.2) is 30.3 Å². The maximum Gasteiger partial charge on any atom is 0.274 e. The summed E-state index contributed by atoms with van der Waals surface area (Å²) < 4.78 is 0. The third-order valence-corrected chi connectivity index (χ3v) is 3.94. The second-order valence-corrected chi connectivity index (χ2v) is 6.02. The maximum absolute atomic E-state index is 12.5. The van der Waals surface area contributed by atoms with Crippen LogP contribution < -0.4 is 5.32 Å². The number of aromatic nitrogens is 2. The number of hydrogen-bond acceptors (Lipinski definition) is 4. The van der Waals surface area contributed by atoms with Gasteiger partial charge >= 0.3 is 0 Å². The fourth-order valence-electron chi connectivity index (χ4n) is 2.50. The minimum absolute atomic E-state index is 0.0519. The Labute approximate surface area is 144 Å². The Balaban J connectivity index is 2.09. The van der Waals surface area contributed by atoms with Crippen LogP contribution in [0.2, 0.25) is 0 Å². The van der Waals surface area contributed by atoms with E-state index in [1.165, 1.54) is 11.1 Å². The van der Waals surface area contributed by atoms with Gasteiger partial charge in [-0.05, 0) is 62.1 Å². The highest BCUT2D eigenvalue weighted by Gasteiger charge is 2.16. The molecule has 1 N–H and O–H groups in total. The van der Waals surface area contributed by atoms with Crippen LogP contribution in [-0.2, 0) is 0 Å². The summed E-state index contributed by atoms with van der Waals surface area (Å²) in [5, 5.41) is 11.5. The number of benzene rings is 1. The van der Waals surface area contributed by atoms with Crippen molar-refractivity contribution in [2.75, 3.05) is 18.4 Å². The molecule has 5 heteroatoms. The number of nitrogens with one attached hydrogen (secondary N) is 1. The van der Waals surface area contributed by atoms with E-state index in [0.717, 1.165) is 31.6 Å². The van der Waals surface area contributed by atoms with E-state index in [4.69, 9.17) is 0 Å². The van der Waals surface area contributed by atoms with Gasteiger partial charge in [0, 0.05) is 18.8 Å². The highest BCUT2D eigenvalue weighted by atomic mass is 16.2. The maximum atomic E-state index is 12.5. The number of anilines is 2. The summed E-state index contributed by atoms with van der Waals surface area (Å²) >= 11 is 0. The van der Waals surface area contributed by atoms with Crippen molar-refractivity contribution in [3.05, 3.63) is 47.2 Å². The van der Waals surface area contributed by atoms with Crippen LogP contribution >= 0.6 is 0 Å². The normalized spacial score (nSPS) is 10.5. The van der Waals surface area contributed by atoms with Gasteiger partial charge in [0.25, 0.3) is 5.91 Å². The van der Waals surface area contributed by atoms with E-state index in [9.17, 15) is 4.79 Å². The fourth-order valence-corrected chi connectivity index (χ4v) is 2.50. The number of hydrogen-bond donors (Lipinski definition) is 1. The summed E-state index contributed by atoms with van der Waals surface area (Å²) in [4.78, 5) is 14.3. The molecule has 2 aromatic rings. The summed E-state index contributed by atoms with van der Waals surface area (Å²) in [6.07, 6.45) is 1.87. The molecule has 0 aliphatic carbocycles. The minimum Gasteiger partial charge on any atom is -0.339 e. The number of carbonyl (C=O) groups is 1. The zero-order valence-electron chi connectivity index (χ0n) is 15.0. The predicted octanol–water partition coefficient (Wildman–Crippen LogP) is 4.10. The number of rotatable bonds is 7. The van der Waals surface area contributed by atoms with Gasteiger partial charge in [-0.15, -0.1) is 10.2 Å². The molecule has 1 aromatic carbocycles. The average Bonchev–Trinajstić information content (AvgIpc) is 2.58. The zero-order chi connectivity index (χ0) is 17.5. The number of carbonyl (C=O) groups excluding carboxylic acids is 1. The molecule has 1 amide bonds. The van der Waals surface area contributed by atoms with Crippen LogP contribution in [0.5, 0.6) is 0 Å². The lowest BCUT2D eigenvalue weighted by atomic mass is 10.1. The minimum atomic E-state index is -0.0519. The SMILES string of the molecule is CCCN(CCC)C(=O)c1ccc(Nc2ccc(C)c(C)c2)nn1. The van der Waals surface area contributed by atoms with Crippen LogP contribution in [0.25, 0.3) is 0 Å². The van der Waals surface area contributed by atoms with Crippen molar-refractivity contribution in [3.63, 3.8) is 0 Å². The Morgan fingerprint density at radius 1 is 1.00 bits per heavy atom. The van der Waals surface area contributed by atoms with Crippen LogP contribution in [0.1, 0.15) is 48.3 Å². The molecule has 0 atom stereocenters. The molecule has 0 fully saturated rings. The average molecular weight is 326 g/mol. The summed E-state index contributed by atoms with van der Waals surface area (Å²) in [7, 11) is 0. The van der Waals surface area contributed by atoms with Crippen molar-refractivity contribution >= 4 is 17.4 Å². The summed E-state index contributed by atoms with van der Waals surface area (Å²) in [6.45, 7) is 9.78. The Bertz CT molecular complexity index is 676. The number of aryl methyl sites for hydroxylation is 2. The Morgan fingerprint density at radius 3 is 2.25 bits per heavy atom. The van der Waals surface area contributed by atoms with Crippen molar-refractivity contribution < 1.29 is 4.79 Å². The first-order chi connectivity index (χ1) is 11.5. The quantitative estimate of drug-likeness (QED) is 0.832. The van der Waals surface area contributed by atoms with Gasteiger partial charge in [0.15, 0.2) is 11.5 Å². The van der Waals surface area contributed by atoms with Crippen LogP contribution in [0, 0.1) is 13.8 Å². The molecule has 0 radical (unpaired) electrons. The second kappa shape index (κ2) is 8.43. The van der Waals surface area contributed by atoms with Crippen LogP contribution in [0.4, 0.5) is 11.5 Å². The third-order valence-electron chi connectivity index (χ3n) is 3.94. The van der Waals surface area contributed by atoms with Gasteiger partial charge in [-0.1, -0.05) is 19.9 Å². The molecule has 0 aliphatic rings. The highest BCUT2D eigenvalue weighted by Crippen LogP contribution is 2.18. The lowest BCUT2D eigenvalue weighted by molar-refractivity contribution is 0.0748. The first kappa shape index (κ1) is 17.9. The lowest BCUT2D eigenvalue weighted by Gasteiger charge is -2.20. The molecule has 0 bridgehead atoms. The van der Waals surface area contributed by atoms with Crippen molar-refractivity contribution in [1.82, 2.24) is 15.1 Å². The Morgan fingerprint density at radius 2 is 1.71 bits per heavy atom. The molecule has 5 nitrogen and oxygen atoms in total. The van der Waals surface area contributed by atoms with Crippen LogP contribution in [0.3, 0.4) is 0 Å². The smallest absolute Gasteiger partial charge is 0.274 e. The van der Waals surface area contributed by atoms with Crippen molar-refractivity contribution in [2.45, 2.75) is 40.5 Å². The molecule has 0 unspecified atom stereocenters. The van der Waals surface area contributed by atoms with Gasteiger partial charge < -0.3 is 10.2 Å². The topological polar surface area (TPSA) is 58.1 Å². The summed E-state index contributed by atoms with van der Waals surface area (Å²) in [5.41, 5.74) is 3.82. The Kier molecular flexibility index (Phi) is 6.29. The predicted molar refractivity (Wildman–Crippen MR) is 97.7 cm³/mol. The Hall–Kier alpha value is -2.43. The molecule has 0 aliphatic heterocycles. The van der Waals surface area contributed by atoms with Gasteiger partial charge in [0.1, 0.15) is 0 Å². The first-order valence-corrected chi connectivity index (χ1v) is 8.52. The molecule has 0 saturated carbocycles. The molecular weight excluding hydrogens is 300 g/mol. The number of amides is 1. The van der Waals surface area contributed by atoms with E-state index in [0.29, 0.717) is 11.5 Å². The van der Waals surface area contributed by atoms with Crippen molar-refractivity contribution in [2.24, 2.45) is 0 Å². The lowest BCUT2D eigenvalue weighted by Crippen LogP contribution is -2.33. The molecule has 2 rings (SSSR count). The van der Waals surface area contributed by atoms with E-state index in [-0.39, 0.29) is 5.91 Å². The van der Waals surface area contributed by atoms with Crippen LogP contribution in [-0.4, -0.2) is 34.1 Å². The van der Waals surface area contributed by atoms with Crippen molar-refractivity contribution in [1.29, 1.82) is 0 Å². The largest absolute Gasteiger partial charge is 0.339 e. The summed E-state index contributed by atoms with van der Waals surface area (Å²) in [5.74, 6) is 0.580. The molecule has 0 spiro atoms. The highest BCUT2D eigenvalue weighted by molar-refractivity contribution is 5.92. The zero-order valence-corrected chi connectivity index (χ0v) is 15.0. The monoisotopic (exact) mass is 326 g/mol. The fraction of sp³-hybridized carbons (Fsp3) is 0.421. The number of nitrogens with zero attached hydrogens (tertiary/aromatic N) is 3.